The largest absolute Gasteiger partial charge is 0.0856 e. The number of rotatable bonds is 3. The average Bonchev–Trinajstić information content (AvgIpc) is 2.68. The molecule has 0 N–H and O–H groups in total. The third kappa shape index (κ3) is 1.86. The third-order valence-electron chi connectivity index (χ3n) is 2.57. The van der Waals surface area contributed by atoms with Crippen molar-refractivity contribution in [3.8, 4) is 0 Å². The van der Waals surface area contributed by atoms with Gasteiger partial charge in [0.2, 0.25) is 0 Å². The average molecular weight is 138 g/mol. The first kappa shape index (κ1) is 7.84. The lowest BCUT2D eigenvalue weighted by Gasteiger charge is -2.09. The van der Waals surface area contributed by atoms with Gasteiger partial charge in [0.05, 0.1) is 0 Å². The van der Waals surface area contributed by atoms with Crippen LogP contribution in [0.15, 0.2) is 11.6 Å². The van der Waals surface area contributed by atoms with Gasteiger partial charge in [0.15, 0.2) is 0 Å². The summed E-state index contributed by atoms with van der Waals surface area (Å²) < 4.78 is 0. The Morgan fingerprint density at radius 1 is 1.60 bits per heavy atom. The molecule has 1 unspecified atom stereocenters. The van der Waals surface area contributed by atoms with Gasteiger partial charge in [0.25, 0.3) is 0 Å². The Morgan fingerprint density at radius 3 is 2.60 bits per heavy atom. The van der Waals surface area contributed by atoms with Crippen LogP contribution in [0.1, 0.15) is 40.0 Å². The molecular formula is C10H18. The molecule has 0 heterocycles. The minimum Gasteiger partial charge on any atom is -0.0856 e. The normalized spacial score (nSPS) is 22.9. The fourth-order valence-electron chi connectivity index (χ4n) is 1.48. The molecule has 0 aromatic rings. The first-order valence-electron chi connectivity index (χ1n) is 4.42. The molecule has 0 aromatic carbocycles. The Morgan fingerprint density at radius 2 is 2.20 bits per heavy atom. The second-order valence-electron chi connectivity index (χ2n) is 3.48. The lowest BCUT2D eigenvalue weighted by Crippen LogP contribution is -1.97. The highest BCUT2D eigenvalue weighted by Crippen LogP contribution is 2.39. The van der Waals surface area contributed by atoms with E-state index in [1.807, 2.05) is 0 Å². The van der Waals surface area contributed by atoms with Crippen LogP contribution in [0.25, 0.3) is 0 Å². The van der Waals surface area contributed by atoms with Gasteiger partial charge in [-0.1, -0.05) is 25.5 Å². The first-order chi connectivity index (χ1) is 4.75. The Hall–Kier alpha value is -0.260. The van der Waals surface area contributed by atoms with Crippen LogP contribution < -0.4 is 0 Å². The fourth-order valence-corrected chi connectivity index (χ4v) is 1.48. The van der Waals surface area contributed by atoms with Gasteiger partial charge < -0.3 is 0 Å². The zero-order valence-corrected chi connectivity index (χ0v) is 7.35. The van der Waals surface area contributed by atoms with Crippen molar-refractivity contribution in [2.45, 2.75) is 40.0 Å². The zero-order chi connectivity index (χ0) is 7.56. The van der Waals surface area contributed by atoms with E-state index in [9.17, 15) is 0 Å². The van der Waals surface area contributed by atoms with Crippen molar-refractivity contribution < 1.29 is 0 Å². The summed E-state index contributed by atoms with van der Waals surface area (Å²) in [6.45, 7) is 6.84. The van der Waals surface area contributed by atoms with Gasteiger partial charge in [0, 0.05) is 0 Å². The van der Waals surface area contributed by atoms with E-state index in [1.165, 1.54) is 19.3 Å². The summed E-state index contributed by atoms with van der Waals surface area (Å²) in [5, 5.41) is 0. The summed E-state index contributed by atoms with van der Waals surface area (Å²) in [5.74, 6) is 1.89. The lowest BCUT2D eigenvalue weighted by molar-refractivity contribution is 0.589. The van der Waals surface area contributed by atoms with Crippen molar-refractivity contribution in [3.63, 3.8) is 0 Å². The molecule has 0 amide bonds. The summed E-state index contributed by atoms with van der Waals surface area (Å²) in [6.07, 6.45) is 6.50. The molecule has 0 spiro atoms. The Bertz CT molecular complexity index is 129. The maximum Gasteiger partial charge on any atom is -0.0206 e. The van der Waals surface area contributed by atoms with Crippen molar-refractivity contribution in [2.24, 2.45) is 11.8 Å². The van der Waals surface area contributed by atoms with E-state index in [-0.39, 0.29) is 0 Å². The van der Waals surface area contributed by atoms with Gasteiger partial charge >= 0.3 is 0 Å². The van der Waals surface area contributed by atoms with Crippen LogP contribution in [0.2, 0.25) is 0 Å². The van der Waals surface area contributed by atoms with Crippen molar-refractivity contribution in [3.05, 3.63) is 11.6 Å². The van der Waals surface area contributed by atoms with E-state index in [0.717, 1.165) is 11.8 Å². The van der Waals surface area contributed by atoms with E-state index in [4.69, 9.17) is 0 Å². The summed E-state index contributed by atoms with van der Waals surface area (Å²) in [4.78, 5) is 0. The summed E-state index contributed by atoms with van der Waals surface area (Å²) in [6, 6.07) is 0. The minimum absolute atomic E-state index is 0.861. The van der Waals surface area contributed by atoms with E-state index in [1.54, 1.807) is 5.57 Å². The van der Waals surface area contributed by atoms with E-state index in [0.29, 0.717) is 0 Å². The van der Waals surface area contributed by atoms with Crippen molar-refractivity contribution in [2.75, 3.05) is 0 Å². The number of allylic oxidation sites excluding steroid dienone is 2. The van der Waals surface area contributed by atoms with Crippen molar-refractivity contribution >= 4 is 0 Å². The molecule has 1 saturated carbocycles. The minimum atomic E-state index is 0.861. The topological polar surface area (TPSA) is 0 Å². The molecule has 0 radical (unpaired) electrons. The maximum absolute atomic E-state index is 2.36. The zero-order valence-electron chi connectivity index (χ0n) is 7.35. The first-order valence-corrected chi connectivity index (χ1v) is 4.42. The maximum atomic E-state index is 2.36. The highest BCUT2D eigenvalue weighted by atomic mass is 14.3. The molecule has 1 rings (SSSR count). The van der Waals surface area contributed by atoms with Crippen LogP contribution in [0, 0.1) is 11.8 Å². The van der Waals surface area contributed by atoms with Crippen LogP contribution in [0.5, 0.6) is 0 Å². The van der Waals surface area contributed by atoms with Gasteiger partial charge in [-0.15, -0.1) is 0 Å². The molecule has 0 heteroatoms. The predicted octanol–water partition coefficient (Wildman–Crippen LogP) is 3.39. The second kappa shape index (κ2) is 3.23. The molecule has 0 aliphatic heterocycles. The molecule has 1 atom stereocenters. The molecule has 0 nitrogen and oxygen atoms in total. The van der Waals surface area contributed by atoms with Crippen LogP contribution in [-0.4, -0.2) is 0 Å². The van der Waals surface area contributed by atoms with E-state index in [2.05, 4.69) is 26.8 Å². The van der Waals surface area contributed by atoms with Crippen molar-refractivity contribution in [1.82, 2.24) is 0 Å². The molecular weight excluding hydrogens is 120 g/mol. The fraction of sp³-hybridized carbons (Fsp3) is 0.800. The van der Waals surface area contributed by atoms with Crippen LogP contribution >= 0.6 is 0 Å². The van der Waals surface area contributed by atoms with E-state index < -0.39 is 0 Å². The highest BCUT2D eigenvalue weighted by molar-refractivity contribution is 5.06. The summed E-state index contributed by atoms with van der Waals surface area (Å²) in [5.41, 5.74) is 1.60. The molecule has 1 aliphatic carbocycles. The Balaban J connectivity index is 2.37. The lowest BCUT2D eigenvalue weighted by atomic mass is 9.97. The standard InChI is InChI=1S/C10H18/c1-4-5-8(2)9(3)10-6-7-10/h5,9-10H,4,6-7H2,1-3H3. The molecule has 1 aliphatic rings. The van der Waals surface area contributed by atoms with Crippen LogP contribution in [-0.2, 0) is 0 Å². The number of hydrogen-bond acceptors (Lipinski definition) is 0. The number of hydrogen-bond donors (Lipinski definition) is 0. The van der Waals surface area contributed by atoms with Crippen molar-refractivity contribution in [1.29, 1.82) is 0 Å². The van der Waals surface area contributed by atoms with Gasteiger partial charge in [-0.3, -0.25) is 0 Å². The highest BCUT2D eigenvalue weighted by Gasteiger charge is 2.28. The summed E-state index contributed by atoms with van der Waals surface area (Å²) >= 11 is 0. The molecule has 10 heavy (non-hydrogen) atoms. The third-order valence-corrected chi connectivity index (χ3v) is 2.57. The quantitative estimate of drug-likeness (QED) is 0.524. The van der Waals surface area contributed by atoms with Gasteiger partial charge in [-0.2, -0.15) is 0 Å². The predicted molar refractivity (Wildman–Crippen MR) is 45.9 cm³/mol. The van der Waals surface area contributed by atoms with Crippen LogP contribution in [0.3, 0.4) is 0 Å². The smallest absolute Gasteiger partial charge is 0.0206 e. The van der Waals surface area contributed by atoms with E-state index >= 15 is 0 Å². The monoisotopic (exact) mass is 138 g/mol. The molecule has 0 saturated heterocycles. The molecule has 0 bridgehead atoms. The van der Waals surface area contributed by atoms with Gasteiger partial charge in [-0.25, -0.2) is 0 Å². The molecule has 1 fully saturated rings. The van der Waals surface area contributed by atoms with Gasteiger partial charge in [0.1, 0.15) is 0 Å². The Labute approximate surface area is 64.3 Å². The molecule has 58 valence electrons. The molecule has 0 aromatic heterocycles. The second-order valence-corrected chi connectivity index (χ2v) is 3.48. The summed E-state index contributed by atoms with van der Waals surface area (Å²) in [7, 11) is 0. The van der Waals surface area contributed by atoms with Crippen LogP contribution in [0.4, 0.5) is 0 Å². The Kier molecular flexibility index (Phi) is 2.53. The SMILES string of the molecule is CCC=C(C)C(C)C1CC1. The van der Waals surface area contributed by atoms with Gasteiger partial charge in [-0.05, 0) is 38.0 Å².